The highest BCUT2D eigenvalue weighted by molar-refractivity contribution is 5.84. The minimum atomic E-state index is -0.543. The molecule has 0 radical (unpaired) electrons. The number of β-amino-alcohol motifs (C(OH)–C–C–N with tert-alkyl or cyclic N) is 1. The fourth-order valence-electron chi connectivity index (χ4n) is 3.26. The van der Waals surface area contributed by atoms with Crippen molar-refractivity contribution < 1.29 is 5.11 Å². The predicted molar refractivity (Wildman–Crippen MR) is 94.4 cm³/mol. The molecule has 0 amide bonds. The molecule has 1 atom stereocenters. The van der Waals surface area contributed by atoms with E-state index in [0.29, 0.717) is 29.9 Å². The summed E-state index contributed by atoms with van der Waals surface area (Å²) >= 11 is 0. The smallest absolute Gasteiger partial charge is 0.276 e. The van der Waals surface area contributed by atoms with Crippen LogP contribution in [-0.4, -0.2) is 55.9 Å². The molecule has 2 aromatic heterocycles. The number of aliphatic hydroxyl groups is 1. The molecular formula is C17H20N6O2. The van der Waals surface area contributed by atoms with Gasteiger partial charge in [0.2, 0.25) is 0 Å². The van der Waals surface area contributed by atoms with E-state index in [1.807, 2.05) is 0 Å². The maximum atomic E-state index is 11.6. The van der Waals surface area contributed by atoms with Crippen molar-refractivity contribution in [3.8, 4) is 0 Å². The number of aromatic amines is 2. The number of nitrogens with zero attached hydrogens (tertiary/aromatic N) is 3. The topological polar surface area (TPSA) is 110 Å². The van der Waals surface area contributed by atoms with Crippen molar-refractivity contribution >= 4 is 16.9 Å². The maximum absolute atomic E-state index is 11.6. The molecular weight excluding hydrogens is 320 g/mol. The number of H-pyrrole nitrogens is 2. The van der Waals surface area contributed by atoms with Crippen LogP contribution >= 0.6 is 0 Å². The molecule has 3 heterocycles. The molecule has 1 aliphatic heterocycles. The average Bonchev–Trinajstić information content (AvgIpc) is 3.04. The Labute approximate surface area is 143 Å². The van der Waals surface area contributed by atoms with Gasteiger partial charge in [-0.05, 0) is 17.5 Å². The summed E-state index contributed by atoms with van der Waals surface area (Å²) in [5.41, 5.74) is 3.26. The van der Waals surface area contributed by atoms with Crippen LogP contribution in [0.25, 0.3) is 11.0 Å². The number of benzene rings is 1. The minimum Gasteiger partial charge on any atom is -0.390 e. The van der Waals surface area contributed by atoms with Crippen molar-refractivity contribution in [1.82, 2.24) is 25.1 Å². The molecule has 8 nitrogen and oxygen atoms in total. The molecule has 0 saturated carbocycles. The second-order valence-corrected chi connectivity index (χ2v) is 6.32. The molecule has 0 aliphatic carbocycles. The quantitative estimate of drug-likeness (QED) is 0.538. The Bertz CT molecular complexity index is 934. The van der Waals surface area contributed by atoms with Crippen LogP contribution < -0.4 is 10.9 Å². The third-order valence-corrected chi connectivity index (χ3v) is 4.54. The van der Waals surface area contributed by atoms with E-state index in [0.717, 1.165) is 19.5 Å². The van der Waals surface area contributed by atoms with E-state index in [2.05, 4.69) is 54.6 Å². The molecule has 0 unspecified atom stereocenters. The van der Waals surface area contributed by atoms with Gasteiger partial charge in [0, 0.05) is 26.2 Å². The first kappa shape index (κ1) is 15.8. The number of hydrogen-bond donors (Lipinski definition) is 4. The zero-order valence-corrected chi connectivity index (χ0v) is 13.7. The fraction of sp³-hybridized carbons (Fsp3) is 0.353. The number of aromatic nitrogens is 4. The van der Waals surface area contributed by atoms with Gasteiger partial charge in [-0.3, -0.25) is 14.8 Å². The third-order valence-electron chi connectivity index (χ3n) is 4.54. The lowest BCUT2D eigenvalue weighted by Gasteiger charge is -2.30. The Morgan fingerprint density at radius 2 is 2.16 bits per heavy atom. The maximum Gasteiger partial charge on any atom is 0.276 e. The number of rotatable bonds is 5. The van der Waals surface area contributed by atoms with Crippen molar-refractivity contribution in [3.05, 3.63) is 52.1 Å². The van der Waals surface area contributed by atoms with Crippen LogP contribution in [0, 0.1) is 0 Å². The molecule has 130 valence electrons. The van der Waals surface area contributed by atoms with Crippen molar-refractivity contribution in [2.45, 2.75) is 19.1 Å². The summed E-state index contributed by atoms with van der Waals surface area (Å²) in [5.74, 6) is 0.476. The van der Waals surface area contributed by atoms with Crippen LogP contribution in [0.1, 0.15) is 11.1 Å². The summed E-state index contributed by atoms with van der Waals surface area (Å²) in [7, 11) is 0. The number of fused-ring (bicyclic) bond motifs is 2. The van der Waals surface area contributed by atoms with E-state index in [1.165, 1.54) is 17.5 Å². The normalized spacial score (nSPS) is 15.9. The van der Waals surface area contributed by atoms with E-state index in [4.69, 9.17) is 0 Å². The summed E-state index contributed by atoms with van der Waals surface area (Å²) in [4.78, 5) is 20.5. The van der Waals surface area contributed by atoms with Crippen LogP contribution in [0.15, 0.2) is 35.4 Å². The number of nitrogens with one attached hydrogen (secondary N) is 3. The van der Waals surface area contributed by atoms with Gasteiger partial charge in [-0.1, -0.05) is 24.3 Å². The lowest BCUT2D eigenvalue weighted by atomic mass is 10.00. The highest BCUT2D eigenvalue weighted by atomic mass is 16.3. The van der Waals surface area contributed by atoms with Gasteiger partial charge in [0.25, 0.3) is 5.56 Å². The zero-order chi connectivity index (χ0) is 17.2. The lowest BCUT2D eigenvalue weighted by Crippen LogP contribution is -2.39. The summed E-state index contributed by atoms with van der Waals surface area (Å²) in [6.45, 7) is 2.72. The largest absolute Gasteiger partial charge is 0.390 e. The Hall–Kier alpha value is -2.71. The molecule has 8 heteroatoms. The SMILES string of the molecule is O=c1[nH]cnc2c(NC[C@@H](O)CN3CCc4ccccc4C3)n[nH]c12. The average molecular weight is 340 g/mol. The molecule has 0 saturated heterocycles. The Morgan fingerprint density at radius 1 is 1.32 bits per heavy atom. The number of anilines is 1. The molecule has 0 fully saturated rings. The first-order valence-electron chi connectivity index (χ1n) is 8.33. The van der Waals surface area contributed by atoms with Gasteiger partial charge in [0.1, 0.15) is 5.52 Å². The van der Waals surface area contributed by atoms with Crippen LogP contribution in [0.5, 0.6) is 0 Å². The van der Waals surface area contributed by atoms with E-state index in [9.17, 15) is 9.90 Å². The third kappa shape index (κ3) is 3.26. The van der Waals surface area contributed by atoms with Crippen molar-refractivity contribution in [1.29, 1.82) is 0 Å². The second-order valence-electron chi connectivity index (χ2n) is 6.32. The first-order chi connectivity index (χ1) is 12.2. The van der Waals surface area contributed by atoms with Crippen molar-refractivity contribution in [3.63, 3.8) is 0 Å². The molecule has 0 bridgehead atoms. The highest BCUT2D eigenvalue weighted by Gasteiger charge is 2.19. The number of aliphatic hydroxyl groups excluding tert-OH is 1. The summed E-state index contributed by atoms with van der Waals surface area (Å²) in [6.07, 6.45) is 1.80. The Kier molecular flexibility index (Phi) is 4.21. The molecule has 25 heavy (non-hydrogen) atoms. The summed E-state index contributed by atoms with van der Waals surface area (Å²) in [5, 5.41) is 20.1. The first-order valence-corrected chi connectivity index (χ1v) is 8.33. The lowest BCUT2D eigenvalue weighted by molar-refractivity contribution is 0.114. The minimum absolute atomic E-state index is 0.266. The van der Waals surface area contributed by atoms with Gasteiger partial charge in [0.05, 0.1) is 12.4 Å². The van der Waals surface area contributed by atoms with E-state index >= 15 is 0 Å². The standard InChI is InChI=1S/C17H20N6O2/c24-13(9-23-6-5-11-3-1-2-4-12(11)8-23)7-18-16-14-15(21-22-16)17(25)20-10-19-14/h1-4,10,13,24H,5-9H2,(H2,18,21,22)(H,19,20,25)/t13-/m1/s1. The van der Waals surface area contributed by atoms with E-state index < -0.39 is 6.10 Å². The zero-order valence-electron chi connectivity index (χ0n) is 13.7. The van der Waals surface area contributed by atoms with Crippen LogP contribution in [0.4, 0.5) is 5.82 Å². The van der Waals surface area contributed by atoms with Gasteiger partial charge in [0.15, 0.2) is 11.3 Å². The summed E-state index contributed by atoms with van der Waals surface area (Å²) in [6, 6.07) is 8.44. The second kappa shape index (κ2) is 6.66. The Balaban J connectivity index is 1.36. The van der Waals surface area contributed by atoms with Gasteiger partial charge >= 0.3 is 0 Å². The highest BCUT2D eigenvalue weighted by Crippen LogP contribution is 2.19. The van der Waals surface area contributed by atoms with Crippen LogP contribution in [0.2, 0.25) is 0 Å². The van der Waals surface area contributed by atoms with E-state index in [-0.39, 0.29) is 5.56 Å². The van der Waals surface area contributed by atoms with Gasteiger partial charge < -0.3 is 15.4 Å². The number of hydrogen-bond acceptors (Lipinski definition) is 6. The van der Waals surface area contributed by atoms with Crippen molar-refractivity contribution in [2.75, 3.05) is 25.0 Å². The van der Waals surface area contributed by atoms with Gasteiger partial charge in [-0.25, -0.2) is 4.98 Å². The molecule has 4 N–H and O–H groups in total. The molecule has 4 rings (SSSR count). The Morgan fingerprint density at radius 3 is 3.04 bits per heavy atom. The van der Waals surface area contributed by atoms with Crippen molar-refractivity contribution in [2.24, 2.45) is 0 Å². The van der Waals surface area contributed by atoms with Gasteiger partial charge in [-0.2, -0.15) is 5.10 Å². The predicted octanol–water partition coefficient (Wildman–Crippen LogP) is 0.477. The van der Waals surface area contributed by atoms with Crippen LogP contribution in [0.3, 0.4) is 0 Å². The van der Waals surface area contributed by atoms with Gasteiger partial charge in [-0.15, -0.1) is 0 Å². The molecule has 0 spiro atoms. The molecule has 3 aromatic rings. The summed E-state index contributed by atoms with van der Waals surface area (Å²) < 4.78 is 0. The van der Waals surface area contributed by atoms with Crippen LogP contribution in [-0.2, 0) is 13.0 Å². The fourth-order valence-corrected chi connectivity index (χ4v) is 3.26. The monoisotopic (exact) mass is 340 g/mol. The molecule has 1 aromatic carbocycles. The molecule has 1 aliphatic rings. The van der Waals surface area contributed by atoms with E-state index in [1.54, 1.807) is 0 Å².